The van der Waals surface area contributed by atoms with Gasteiger partial charge in [0.05, 0.1) is 0 Å². The Bertz CT molecular complexity index is 887. The zero-order valence-electron chi connectivity index (χ0n) is 20.0. The average Bonchev–Trinajstić information content (AvgIpc) is 2.72. The molecule has 166 valence electrons. The van der Waals surface area contributed by atoms with Crippen LogP contribution in [0.2, 0.25) is 0 Å². The van der Waals surface area contributed by atoms with E-state index < -0.39 is 0 Å². The van der Waals surface area contributed by atoms with Gasteiger partial charge in [-0.15, -0.1) is 0 Å². The van der Waals surface area contributed by atoms with Crippen LogP contribution in [0, 0.1) is 24.7 Å². The first kappa shape index (κ1) is 22.3. The van der Waals surface area contributed by atoms with E-state index in [-0.39, 0.29) is 0 Å². The van der Waals surface area contributed by atoms with Gasteiger partial charge >= 0.3 is 0 Å². The zero-order chi connectivity index (χ0) is 22.0. The van der Waals surface area contributed by atoms with E-state index in [0.717, 1.165) is 30.6 Å². The third kappa shape index (κ3) is 4.97. The standard InChI is InChI=1S/C30H40O/c1-5-6-28(31)14-10-24-8-12-26(13-9-24)27-11-7-23(4)29(17-27)30-18-21(2)15-25(20-30)16-22(3)19-30/h7-9,11-13,17,21-22,25H,5-6,10,14-16,18-20H2,1-4H3. The van der Waals surface area contributed by atoms with E-state index in [4.69, 9.17) is 0 Å². The number of hydrogen-bond donors (Lipinski definition) is 0. The summed E-state index contributed by atoms with van der Waals surface area (Å²) in [6.45, 7) is 9.34. The second kappa shape index (κ2) is 9.31. The van der Waals surface area contributed by atoms with Gasteiger partial charge in [-0.05, 0) is 103 Å². The lowest BCUT2D eigenvalue weighted by Crippen LogP contribution is -2.42. The summed E-state index contributed by atoms with van der Waals surface area (Å²) < 4.78 is 0. The molecule has 1 nitrogen and oxygen atoms in total. The molecule has 1 heteroatoms. The molecule has 2 aromatic rings. The molecule has 2 aliphatic carbocycles. The van der Waals surface area contributed by atoms with Crippen LogP contribution >= 0.6 is 0 Å². The van der Waals surface area contributed by atoms with Gasteiger partial charge in [-0.3, -0.25) is 4.79 Å². The fourth-order valence-electron chi connectivity index (χ4n) is 6.96. The molecule has 2 saturated carbocycles. The van der Waals surface area contributed by atoms with Crippen LogP contribution in [0.1, 0.15) is 88.8 Å². The lowest BCUT2D eigenvalue weighted by molar-refractivity contribution is -0.119. The summed E-state index contributed by atoms with van der Waals surface area (Å²) in [5.41, 5.74) is 7.37. The van der Waals surface area contributed by atoms with Crippen LogP contribution in [0.25, 0.3) is 11.1 Å². The Hall–Kier alpha value is -1.89. The second-order valence-corrected chi connectivity index (χ2v) is 11.0. The molecule has 0 radical (unpaired) electrons. The second-order valence-electron chi connectivity index (χ2n) is 11.0. The number of carbonyl (C=O) groups excluding carboxylic acids is 1. The summed E-state index contributed by atoms with van der Waals surface area (Å²) in [6, 6.07) is 16.1. The van der Waals surface area contributed by atoms with Gasteiger partial charge in [-0.1, -0.05) is 63.2 Å². The van der Waals surface area contributed by atoms with E-state index in [2.05, 4.69) is 70.2 Å². The highest BCUT2D eigenvalue weighted by Gasteiger charge is 2.45. The largest absolute Gasteiger partial charge is 0.300 e. The number of benzene rings is 2. The molecule has 0 amide bonds. The predicted octanol–water partition coefficient (Wildman–Crippen LogP) is 8.07. The molecule has 4 rings (SSSR count). The molecule has 2 unspecified atom stereocenters. The quantitative estimate of drug-likeness (QED) is 0.446. The van der Waals surface area contributed by atoms with Gasteiger partial charge < -0.3 is 0 Å². The fraction of sp³-hybridized carbons (Fsp3) is 0.567. The summed E-state index contributed by atoms with van der Waals surface area (Å²) in [7, 11) is 0. The number of aryl methyl sites for hydroxylation is 2. The average molecular weight is 417 g/mol. The lowest BCUT2D eigenvalue weighted by atomic mass is 9.54. The van der Waals surface area contributed by atoms with E-state index in [1.165, 1.54) is 54.4 Å². The van der Waals surface area contributed by atoms with Crippen LogP contribution in [0.15, 0.2) is 42.5 Å². The first-order chi connectivity index (χ1) is 14.9. The molecule has 0 aromatic heterocycles. The molecule has 2 fully saturated rings. The Labute approximate surface area is 189 Å². The Morgan fingerprint density at radius 2 is 1.55 bits per heavy atom. The predicted molar refractivity (Wildman–Crippen MR) is 131 cm³/mol. The van der Waals surface area contributed by atoms with Gasteiger partial charge in [-0.2, -0.15) is 0 Å². The maximum atomic E-state index is 11.9. The minimum Gasteiger partial charge on any atom is -0.300 e. The van der Waals surface area contributed by atoms with Crippen molar-refractivity contribution in [2.24, 2.45) is 17.8 Å². The van der Waals surface area contributed by atoms with E-state index >= 15 is 0 Å². The monoisotopic (exact) mass is 416 g/mol. The highest BCUT2D eigenvalue weighted by molar-refractivity contribution is 5.78. The molecular formula is C30H40O. The Morgan fingerprint density at radius 3 is 2.19 bits per heavy atom. The number of Topliss-reactive ketones (excluding diaryl/α,β-unsaturated/α-hetero) is 1. The smallest absolute Gasteiger partial charge is 0.133 e. The first-order valence-corrected chi connectivity index (χ1v) is 12.6. The molecule has 0 N–H and O–H groups in total. The van der Waals surface area contributed by atoms with E-state index in [9.17, 15) is 4.79 Å². The van der Waals surface area contributed by atoms with Gasteiger partial charge in [-0.25, -0.2) is 0 Å². The molecule has 0 saturated heterocycles. The SMILES string of the molecule is CCCC(=O)CCc1ccc(-c2ccc(C)c(C34CC(C)CC(CC(C)C3)C4)c2)cc1. The van der Waals surface area contributed by atoms with Crippen LogP contribution in [-0.4, -0.2) is 5.78 Å². The summed E-state index contributed by atoms with van der Waals surface area (Å²) in [5.74, 6) is 2.97. The van der Waals surface area contributed by atoms with Crippen molar-refractivity contribution in [3.05, 3.63) is 59.2 Å². The third-order valence-electron chi connectivity index (χ3n) is 7.95. The van der Waals surface area contributed by atoms with Gasteiger partial charge in [0.25, 0.3) is 0 Å². The van der Waals surface area contributed by atoms with Crippen LogP contribution in [0.5, 0.6) is 0 Å². The van der Waals surface area contributed by atoms with Crippen molar-refractivity contribution in [3.8, 4) is 11.1 Å². The summed E-state index contributed by atoms with van der Waals surface area (Å²) in [5, 5.41) is 0. The summed E-state index contributed by atoms with van der Waals surface area (Å²) >= 11 is 0. The highest BCUT2D eigenvalue weighted by Crippen LogP contribution is 2.55. The summed E-state index contributed by atoms with van der Waals surface area (Å²) in [4.78, 5) is 11.9. The number of carbonyl (C=O) groups is 1. The van der Waals surface area contributed by atoms with Crippen molar-refractivity contribution in [3.63, 3.8) is 0 Å². The molecular weight excluding hydrogens is 376 g/mol. The maximum absolute atomic E-state index is 11.9. The topological polar surface area (TPSA) is 17.1 Å². The minimum atomic E-state index is 0.375. The molecule has 2 aliphatic rings. The Balaban J connectivity index is 1.57. The molecule has 2 atom stereocenters. The van der Waals surface area contributed by atoms with Crippen molar-refractivity contribution in [2.75, 3.05) is 0 Å². The number of fused-ring (bicyclic) bond motifs is 2. The van der Waals surface area contributed by atoms with Gasteiger partial charge in [0.15, 0.2) is 0 Å². The van der Waals surface area contributed by atoms with Crippen molar-refractivity contribution < 1.29 is 4.79 Å². The molecule has 0 heterocycles. The third-order valence-corrected chi connectivity index (χ3v) is 7.95. The maximum Gasteiger partial charge on any atom is 0.133 e. The van der Waals surface area contributed by atoms with Crippen LogP contribution in [0.4, 0.5) is 0 Å². The molecule has 0 aliphatic heterocycles. The van der Waals surface area contributed by atoms with Crippen molar-refractivity contribution >= 4 is 5.78 Å². The molecule has 2 aromatic carbocycles. The number of hydrogen-bond acceptors (Lipinski definition) is 1. The normalized spacial score (nSPS) is 27.8. The fourth-order valence-corrected chi connectivity index (χ4v) is 6.96. The number of rotatable bonds is 7. The van der Waals surface area contributed by atoms with Crippen molar-refractivity contribution in [1.29, 1.82) is 0 Å². The van der Waals surface area contributed by atoms with Crippen molar-refractivity contribution in [1.82, 2.24) is 0 Å². The van der Waals surface area contributed by atoms with Gasteiger partial charge in [0.1, 0.15) is 5.78 Å². The van der Waals surface area contributed by atoms with Crippen molar-refractivity contribution in [2.45, 2.75) is 90.9 Å². The molecule has 0 spiro atoms. The molecule has 2 bridgehead atoms. The van der Waals surface area contributed by atoms with E-state index in [1.807, 2.05) is 0 Å². The zero-order valence-corrected chi connectivity index (χ0v) is 20.0. The minimum absolute atomic E-state index is 0.375. The highest BCUT2D eigenvalue weighted by atomic mass is 16.1. The Kier molecular flexibility index (Phi) is 6.70. The van der Waals surface area contributed by atoms with Gasteiger partial charge in [0.2, 0.25) is 0 Å². The van der Waals surface area contributed by atoms with E-state index in [1.54, 1.807) is 5.56 Å². The molecule has 31 heavy (non-hydrogen) atoms. The first-order valence-electron chi connectivity index (χ1n) is 12.6. The van der Waals surface area contributed by atoms with Crippen LogP contribution in [-0.2, 0) is 16.6 Å². The Morgan fingerprint density at radius 1 is 0.903 bits per heavy atom. The lowest BCUT2D eigenvalue weighted by Gasteiger charge is -2.51. The van der Waals surface area contributed by atoms with E-state index in [0.29, 0.717) is 24.0 Å². The van der Waals surface area contributed by atoms with Gasteiger partial charge in [0, 0.05) is 12.8 Å². The number of ketones is 1. The summed E-state index contributed by atoms with van der Waals surface area (Å²) in [6.07, 6.45) is 10.1. The van der Waals surface area contributed by atoms with Crippen LogP contribution in [0.3, 0.4) is 0 Å². The van der Waals surface area contributed by atoms with Crippen LogP contribution < -0.4 is 0 Å².